The molecule has 1 saturated carbocycles. The number of carbonyl (C=O) groups is 2. The number of benzene rings is 3. The average molecular weight is 900 g/mol. The summed E-state index contributed by atoms with van der Waals surface area (Å²) >= 11 is 0. The third-order valence-corrected chi connectivity index (χ3v) is 12.2. The van der Waals surface area contributed by atoms with Gasteiger partial charge in [0.1, 0.15) is 31.3 Å². The van der Waals surface area contributed by atoms with Crippen molar-refractivity contribution >= 4 is 17.9 Å². The summed E-state index contributed by atoms with van der Waals surface area (Å²) in [5.74, 6) is -1.74. The van der Waals surface area contributed by atoms with Crippen LogP contribution in [-0.2, 0) is 36.9 Å². The van der Waals surface area contributed by atoms with Gasteiger partial charge >= 0.3 is 12.2 Å². The van der Waals surface area contributed by atoms with Gasteiger partial charge in [-0.05, 0) is 72.4 Å². The minimum atomic E-state index is -1.55. The van der Waals surface area contributed by atoms with Crippen LogP contribution in [0, 0.1) is 17.8 Å². The summed E-state index contributed by atoms with van der Waals surface area (Å²) in [6.45, 7) is 4.91. The van der Waals surface area contributed by atoms with E-state index in [1.54, 1.807) is 23.1 Å². The van der Waals surface area contributed by atoms with Crippen molar-refractivity contribution in [1.29, 1.82) is 0 Å². The molecule has 1 aliphatic heterocycles. The van der Waals surface area contributed by atoms with Gasteiger partial charge in [0.2, 0.25) is 5.79 Å². The topological polar surface area (TPSA) is 187 Å². The minimum Gasteiger partial charge on any atom is -0.459 e. The highest BCUT2D eigenvalue weighted by molar-refractivity contribution is 6.03. The van der Waals surface area contributed by atoms with Crippen LogP contribution in [-0.4, -0.2) is 116 Å². The van der Waals surface area contributed by atoms with E-state index >= 15 is 0 Å². The number of oxime groups is 1. The third kappa shape index (κ3) is 12.7. The molecule has 15 nitrogen and oxygen atoms in total. The Kier molecular flexibility index (Phi) is 19.2. The molecule has 0 bridgehead atoms. The largest absolute Gasteiger partial charge is 0.459 e. The third-order valence-electron chi connectivity index (χ3n) is 12.2. The monoisotopic (exact) mass is 899 g/mol. The number of aliphatic hydroxyl groups excluding tert-OH is 3. The number of hydrogen-bond acceptors (Lipinski definition) is 13. The Morgan fingerprint density at radius 1 is 0.892 bits per heavy atom. The SMILES string of the molecule is C=CCO[C@@]12Oc3ccc(OC(=O)NCc4ccccc4)cc3[C@H]3[C@H](CCCCO)[C@@H](CCCCO)C=C(C(=NOC)C[C@@H]1N(CCOCCO)C(=O)OCCOCc1ccccc1)[C@H]32. The smallest absolute Gasteiger partial charge is 0.412 e. The molecule has 1 fully saturated rings. The molecular weight excluding hydrogens is 835 g/mol. The summed E-state index contributed by atoms with van der Waals surface area (Å²) in [4.78, 5) is 34.9. The van der Waals surface area contributed by atoms with E-state index in [0.29, 0.717) is 36.7 Å². The number of carbonyl (C=O) groups excluding carboxylic acids is 2. The van der Waals surface area contributed by atoms with Gasteiger partial charge in [-0.15, -0.1) is 6.58 Å². The predicted molar refractivity (Wildman–Crippen MR) is 243 cm³/mol. The Bertz CT molecular complexity index is 2020. The van der Waals surface area contributed by atoms with E-state index in [-0.39, 0.29) is 90.1 Å². The maximum absolute atomic E-state index is 14.5. The van der Waals surface area contributed by atoms with Crippen LogP contribution in [0.4, 0.5) is 9.59 Å². The summed E-state index contributed by atoms with van der Waals surface area (Å²) in [6.07, 6.45) is 6.99. The van der Waals surface area contributed by atoms with E-state index < -0.39 is 29.9 Å². The summed E-state index contributed by atoms with van der Waals surface area (Å²) in [5, 5.41) is 36.8. The number of fused-ring (bicyclic) bond motifs is 2. The van der Waals surface area contributed by atoms with Crippen LogP contribution < -0.4 is 14.8 Å². The fourth-order valence-electron chi connectivity index (χ4n) is 9.47. The standard InChI is InChI=1S/C50H65N3O12/c1-3-26-63-50-45(53(22-27-60-28-25-56)49(58)62-30-29-61-35-37-16-8-5-9-17-37)33-43(52-59-2)41-31-38(18-10-12-23-54)40(19-11-13-24-55)46(47(41)50)42-32-39(20-21-44(42)65-50)64-48(57)51-34-36-14-6-4-7-15-36/h3-9,14-17,20-21,31-32,38,40,45-47,54-56H,1,10-13,18-19,22-30,33-35H2,2H3,(H,51,57)/t38-,40+,45-,46+,47+,50+/m0/s1. The quantitative estimate of drug-likeness (QED) is 0.0372. The van der Waals surface area contributed by atoms with Crippen molar-refractivity contribution in [2.75, 3.05) is 66.5 Å². The lowest BCUT2D eigenvalue weighted by Crippen LogP contribution is -2.70. The molecule has 3 aromatic carbocycles. The van der Waals surface area contributed by atoms with Crippen molar-refractivity contribution in [3.63, 3.8) is 0 Å². The molecule has 4 N–H and O–H groups in total. The van der Waals surface area contributed by atoms with Crippen molar-refractivity contribution in [3.8, 4) is 11.5 Å². The highest BCUT2D eigenvalue weighted by atomic mass is 16.7. The van der Waals surface area contributed by atoms with Crippen LogP contribution in [0.2, 0.25) is 0 Å². The molecule has 3 aromatic rings. The lowest BCUT2D eigenvalue weighted by Gasteiger charge is -2.59. The van der Waals surface area contributed by atoms with E-state index in [0.717, 1.165) is 47.9 Å². The van der Waals surface area contributed by atoms with E-state index in [2.05, 4.69) is 23.1 Å². The number of allylic oxidation sites excluding steroid dienone is 1. The Morgan fingerprint density at radius 2 is 1.63 bits per heavy atom. The van der Waals surface area contributed by atoms with Crippen LogP contribution in [0.1, 0.15) is 67.6 Å². The average Bonchev–Trinajstić information content (AvgIpc) is 3.32. The summed E-state index contributed by atoms with van der Waals surface area (Å²) in [5.41, 5.74) is 4.16. The highest BCUT2D eigenvalue weighted by Crippen LogP contribution is 2.62. The fraction of sp³-hybridized carbons (Fsp3) is 0.500. The lowest BCUT2D eigenvalue weighted by molar-refractivity contribution is -0.256. The van der Waals surface area contributed by atoms with Gasteiger partial charge in [0, 0.05) is 44.2 Å². The van der Waals surface area contributed by atoms with E-state index in [4.69, 9.17) is 33.3 Å². The second-order valence-electron chi connectivity index (χ2n) is 16.4. The van der Waals surface area contributed by atoms with Gasteiger partial charge in [-0.1, -0.05) is 90.8 Å². The molecule has 15 heteroatoms. The molecule has 0 radical (unpaired) electrons. The van der Waals surface area contributed by atoms with Crippen LogP contribution in [0.5, 0.6) is 11.5 Å². The molecule has 0 unspecified atom stereocenters. The normalized spacial score (nSPS) is 22.4. The molecule has 3 aliphatic rings. The molecule has 2 amide bonds. The Labute approximate surface area is 381 Å². The Morgan fingerprint density at radius 3 is 2.34 bits per heavy atom. The zero-order valence-corrected chi connectivity index (χ0v) is 37.4. The van der Waals surface area contributed by atoms with Gasteiger partial charge in [-0.2, -0.15) is 0 Å². The first-order valence-electron chi connectivity index (χ1n) is 22.7. The zero-order valence-electron chi connectivity index (χ0n) is 37.4. The van der Waals surface area contributed by atoms with Crippen LogP contribution in [0.15, 0.2) is 108 Å². The van der Waals surface area contributed by atoms with E-state index in [9.17, 15) is 24.9 Å². The molecule has 352 valence electrons. The van der Waals surface area contributed by atoms with Crippen LogP contribution >= 0.6 is 0 Å². The van der Waals surface area contributed by atoms with Gasteiger partial charge < -0.3 is 53.9 Å². The molecule has 0 spiro atoms. The van der Waals surface area contributed by atoms with Gasteiger partial charge in [-0.25, -0.2) is 9.59 Å². The highest BCUT2D eigenvalue weighted by Gasteiger charge is 2.65. The molecular formula is C50H65N3O12. The molecule has 1 heterocycles. The predicted octanol–water partition coefficient (Wildman–Crippen LogP) is 6.90. The number of aliphatic hydroxyl groups is 3. The van der Waals surface area contributed by atoms with Gasteiger partial charge in [0.05, 0.1) is 51.3 Å². The lowest BCUT2D eigenvalue weighted by atomic mass is 9.55. The van der Waals surface area contributed by atoms with E-state index in [1.807, 2.05) is 66.7 Å². The Balaban J connectivity index is 1.43. The first kappa shape index (κ1) is 49.2. The number of nitrogens with zero attached hydrogens (tertiary/aromatic N) is 2. The van der Waals surface area contributed by atoms with Gasteiger partial charge in [0.15, 0.2) is 0 Å². The van der Waals surface area contributed by atoms with E-state index in [1.165, 1.54) is 7.11 Å². The molecule has 0 aromatic heterocycles. The second kappa shape index (κ2) is 25.4. The van der Waals surface area contributed by atoms with Gasteiger partial charge in [-0.3, -0.25) is 4.90 Å². The Hall–Kier alpha value is -5.29. The van der Waals surface area contributed by atoms with Crippen LogP contribution in [0.3, 0.4) is 0 Å². The maximum atomic E-state index is 14.5. The maximum Gasteiger partial charge on any atom is 0.412 e. The number of unbranched alkanes of at least 4 members (excludes halogenated alkanes) is 2. The van der Waals surface area contributed by atoms with Crippen molar-refractivity contribution in [2.24, 2.45) is 22.9 Å². The second-order valence-corrected chi connectivity index (χ2v) is 16.4. The van der Waals surface area contributed by atoms with Crippen LogP contribution in [0.25, 0.3) is 0 Å². The molecule has 6 rings (SSSR count). The number of ether oxygens (including phenoxy) is 6. The zero-order chi connectivity index (χ0) is 45.9. The molecule has 0 saturated heterocycles. The van der Waals surface area contributed by atoms with Crippen molar-refractivity contribution < 1.29 is 58.2 Å². The molecule has 6 atom stereocenters. The van der Waals surface area contributed by atoms with Crippen molar-refractivity contribution in [3.05, 3.63) is 120 Å². The minimum absolute atomic E-state index is 0.000680. The summed E-state index contributed by atoms with van der Waals surface area (Å²) in [6, 6.07) is 23.7. The first-order valence-corrected chi connectivity index (χ1v) is 22.7. The molecule has 2 aliphatic carbocycles. The summed E-state index contributed by atoms with van der Waals surface area (Å²) in [7, 11) is 1.48. The molecule has 65 heavy (non-hydrogen) atoms. The summed E-state index contributed by atoms with van der Waals surface area (Å²) < 4.78 is 37.7. The van der Waals surface area contributed by atoms with Crippen molar-refractivity contribution in [1.82, 2.24) is 10.2 Å². The number of nitrogens with one attached hydrogen (secondary N) is 1. The van der Waals surface area contributed by atoms with Gasteiger partial charge in [0.25, 0.3) is 0 Å². The first-order chi connectivity index (χ1) is 31.9. The number of rotatable bonds is 26. The fourth-order valence-corrected chi connectivity index (χ4v) is 9.47. The number of hydrogen-bond donors (Lipinski definition) is 4. The van der Waals surface area contributed by atoms with Crippen molar-refractivity contribution in [2.45, 2.75) is 75.8 Å². The number of amides is 2.